The molecule has 0 aromatic heterocycles. The van der Waals surface area contributed by atoms with E-state index >= 15 is 0 Å². The van der Waals surface area contributed by atoms with E-state index in [1.54, 1.807) is 0 Å². The van der Waals surface area contributed by atoms with Crippen LogP contribution in [0.4, 0.5) is 0 Å². The molecule has 0 spiro atoms. The van der Waals surface area contributed by atoms with Gasteiger partial charge in [-0.3, -0.25) is 9.69 Å². The number of carbonyl (C=O) groups is 1. The maximum absolute atomic E-state index is 12.4. The topological polar surface area (TPSA) is 29.5 Å². The first-order valence-electron chi connectivity index (χ1n) is 10.7. The quantitative estimate of drug-likeness (QED) is 0.548. The van der Waals surface area contributed by atoms with Crippen molar-refractivity contribution in [3.8, 4) is 0 Å². The van der Waals surface area contributed by atoms with Gasteiger partial charge in [0.1, 0.15) is 6.10 Å². The van der Waals surface area contributed by atoms with E-state index in [0.717, 1.165) is 18.3 Å². The van der Waals surface area contributed by atoms with Gasteiger partial charge in [0.15, 0.2) is 0 Å². The number of carbonyl (C=O) groups excluding carboxylic acids is 1. The van der Waals surface area contributed by atoms with Crippen molar-refractivity contribution in [1.82, 2.24) is 4.90 Å². The highest BCUT2D eigenvalue weighted by Gasteiger charge is 2.53. The Kier molecular flexibility index (Phi) is 4.96. The number of hydrogen-bond donors (Lipinski definition) is 0. The molecular formula is C22H35NO2. The van der Waals surface area contributed by atoms with Crippen LogP contribution in [0, 0.1) is 29.6 Å². The Hall–Kier alpha value is -0.830. The lowest BCUT2D eigenvalue weighted by Gasteiger charge is -2.46. The van der Waals surface area contributed by atoms with Crippen LogP contribution in [0.25, 0.3) is 0 Å². The number of fused-ring (bicyclic) bond motifs is 2. The Morgan fingerprint density at radius 2 is 1.84 bits per heavy atom. The third kappa shape index (κ3) is 3.18. The highest BCUT2D eigenvalue weighted by Crippen LogP contribution is 2.53. The van der Waals surface area contributed by atoms with Gasteiger partial charge in [-0.25, -0.2) is 0 Å². The fraction of sp³-hybridized carbons (Fsp3) is 0.864. The number of allylic oxidation sites excluding steroid dienone is 1. The molecule has 0 aromatic rings. The van der Waals surface area contributed by atoms with Gasteiger partial charge >= 0.3 is 5.97 Å². The first-order valence-corrected chi connectivity index (χ1v) is 10.7. The smallest absolute Gasteiger partial charge is 0.309 e. The summed E-state index contributed by atoms with van der Waals surface area (Å²) in [5.41, 5.74) is 0. The number of cyclic esters (lactones) is 1. The highest BCUT2D eigenvalue weighted by atomic mass is 16.6. The number of likely N-dealkylation sites (tertiary alicyclic amines) is 1. The second-order valence-corrected chi connectivity index (χ2v) is 9.24. The lowest BCUT2D eigenvalue weighted by Crippen LogP contribution is -2.44. The summed E-state index contributed by atoms with van der Waals surface area (Å²) in [6, 6.07) is 1.25. The fourth-order valence-electron chi connectivity index (χ4n) is 6.43. The van der Waals surface area contributed by atoms with Gasteiger partial charge in [0.05, 0.1) is 5.92 Å². The first kappa shape index (κ1) is 17.6. The van der Waals surface area contributed by atoms with Crippen LogP contribution in [0.15, 0.2) is 12.2 Å². The van der Waals surface area contributed by atoms with Crippen molar-refractivity contribution in [2.24, 2.45) is 29.6 Å². The number of nitrogens with zero attached hydrogens (tertiary/aromatic N) is 1. The van der Waals surface area contributed by atoms with Crippen LogP contribution in [0.1, 0.15) is 65.2 Å². The van der Waals surface area contributed by atoms with Gasteiger partial charge < -0.3 is 4.74 Å². The normalized spacial score (nSPS) is 48.2. The Labute approximate surface area is 153 Å². The lowest BCUT2D eigenvalue weighted by molar-refractivity contribution is -0.144. The molecule has 0 N–H and O–H groups in total. The predicted molar refractivity (Wildman–Crippen MR) is 100 cm³/mol. The molecule has 4 aliphatic rings. The van der Waals surface area contributed by atoms with Crippen LogP contribution < -0.4 is 0 Å². The number of ether oxygens (including phenoxy) is 1. The molecule has 2 heterocycles. The van der Waals surface area contributed by atoms with Crippen molar-refractivity contribution < 1.29 is 9.53 Å². The van der Waals surface area contributed by atoms with Crippen LogP contribution in [-0.2, 0) is 9.53 Å². The Morgan fingerprint density at radius 3 is 2.68 bits per heavy atom. The minimum Gasteiger partial charge on any atom is -0.462 e. The molecule has 4 fully saturated rings. The van der Waals surface area contributed by atoms with Gasteiger partial charge in [0.2, 0.25) is 0 Å². The minimum atomic E-state index is 0.0864. The van der Waals surface area contributed by atoms with Crippen molar-refractivity contribution in [3.63, 3.8) is 0 Å². The number of hydrogen-bond acceptors (Lipinski definition) is 3. The van der Waals surface area contributed by atoms with E-state index in [-0.39, 0.29) is 18.0 Å². The molecule has 140 valence electrons. The molecule has 25 heavy (non-hydrogen) atoms. The second kappa shape index (κ2) is 7.06. The molecule has 2 saturated carbocycles. The van der Waals surface area contributed by atoms with E-state index in [4.69, 9.17) is 4.74 Å². The maximum atomic E-state index is 12.4. The van der Waals surface area contributed by atoms with Crippen molar-refractivity contribution in [3.05, 3.63) is 12.2 Å². The average molecular weight is 346 g/mol. The molecule has 2 aliphatic carbocycles. The summed E-state index contributed by atoms with van der Waals surface area (Å²) in [5, 5.41) is 0. The Balaban J connectivity index is 1.57. The number of likely N-dealkylation sites (N-methyl/N-ethyl adjacent to an activating group) is 1. The van der Waals surface area contributed by atoms with Gasteiger partial charge in [0, 0.05) is 18.0 Å². The second-order valence-electron chi connectivity index (χ2n) is 9.24. The van der Waals surface area contributed by atoms with E-state index in [2.05, 4.69) is 37.9 Å². The zero-order valence-corrected chi connectivity index (χ0v) is 16.2. The molecule has 0 bridgehead atoms. The molecule has 4 rings (SSSR count). The number of esters is 1. The zero-order valence-electron chi connectivity index (χ0n) is 16.2. The van der Waals surface area contributed by atoms with Gasteiger partial charge in [0.25, 0.3) is 0 Å². The summed E-state index contributed by atoms with van der Waals surface area (Å²) in [5.74, 6) is 2.71. The SMILES string of the molecule is CC1OC(=O)C2CC3CCCCC3C(/C=C/C3CCCC(C)N3C)C12. The first-order chi connectivity index (χ1) is 12.1. The molecule has 3 nitrogen and oxygen atoms in total. The van der Waals surface area contributed by atoms with Crippen molar-refractivity contribution >= 4 is 5.97 Å². The monoisotopic (exact) mass is 345 g/mol. The lowest BCUT2D eigenvalue weighted by atomic mass is 9.57. The molecule has 0 radical (unpaired) electrons. The van der Waals surface area contributed by atoms with Crippen LogP contribution in [0.5, 0.6) is 0 Å². The van der Waals surface area contributed by atoms with E-state index < -0.39 is 0 Å². The summed E-state index contributed by atoms with van der Waals surface area (Å²) >= 11 is 0. The van der Waals surface area contributed by atoms with Gasteiger partial charge in [-0.2, -0.15) is 0 Å². The molecule has 3 heteroatoms. The van der Waals surface area contributed by atoms with Crippen LogP contribution in [-0.4, -0.2) is 36.1 Å². The average Bonchev–Trinajstić information content (AvgIpc) is 2.89. The summed E-state index contributed by atoms with van der Waals surface area (Å²) in [6.07, 6.45) is 15.5. The van der Waals surface area contributed by atoms with E-state index in [1.165, 1.54) is 44.9 Å². The number of rotatable bonds is 2. The van der Waals surface area contributed by atoms with E-state index in [9.17, 15) is 4.79 Å². The van der Waals surface area contributed by atoms with Gasteiger partial charge in [-0.05, 0) is 64.3 Å². The van der Waals surface area contributed by atoms with Gasteiger partial charge in [-0.15, -0.1) is 0 Å². The molecule has 2 saturated heterocycles. The summed E-state index contributed by atoms with van der Waals surface area (Å²) in [6.45, 7) is 4.47. The third-order valence-electron chi connectivity index (χ3n) is 7.97. The third-order valence-corrected chi connectivity index (χ3v) is 7.97. The maximum Gasteiger partial charge on any atom is 0.309 e. The summed E-state index contributed by atoms with van der Waals surface area (Å²) < 4.78 is 5.69. The summed E-state index contributed by atoms with van der Waals surface area (Å²) in [7, 11) is 2.27. The molecule has 2 aliphatic heterocycles. The van der Waals surface area contributed by atoms with Crippen LogP contribution in [0.3, 0.4) is 0 Å². The highest BCUT2D eigenvalue weighted by molar-refractivity contribution is 5.75. The molecular weight excluding hydrogens is 310 g/mol. The predicted octanol–water partition coefficient (Wildman–Crippen LogP) is 4.42. The fourth-order valence-corrected chi connectivity index (χ4v) is 6.43. The van der Waals surface area contributed by atoms with Crippen LogP contribution >= 0.6 is 0 Å². The number of piperidine rings is 1. The molecule has 0 aromatic carbocycles. The Morgan fingerprint density at radius 1 is 1.04 bits per heavy atom. The largest absolute Gasteiger partial charge is 0.462 e. The Bertz CT molecular complexity index is 530. The van der Waals surface area contributed by atoms with Gasteiger partial charge in [-0.1, -0.05) is 37.8 Å². The summed E-state index contributed by atoms with van der Waals surface area (Å²) in [4.78, 5) is 14.9. The van der Waals surface area contributed by atoms with E-state index in [1.807, 2.05) is 0 Å². The van der Waals surface area contributed by atoms with Crippen molar-refractivity contribution in [2.75, 3.05) is 7.05 Å². The van der Waals surface area contributed by atoms with Crippen molar-refractivity contribution in [2.45, 2.75) is 83.4 Å². The molecule has 0 amide bonds. The van der Waals surface area contributed by atoms with E-state index in [0.29, 0.717) is 23.9 Å². The zero-order chi connectivity index (χ0) is 17.6. The standard InChI is InChI=1S/C22H35NO2/c1-14-7-6-9-17(23(14)3)11-12-19-18-10-5-4-8-16(18)13-20-21(19)15(2)25-22(20)24/h11-12,14-21H,4-10,13H2,1-3H3/b12-11+. The van der Waals surface area contributed by atoms with Crippen molar-refractivity contribution in [1.29, 1.82) is 0 Å². The molecule has 8 atom stereocenters. The molecule has 8 unspecified atom stereocenters. The minimum absolute atomic E-state index is 0.0864. The van der Waals surface area contributed by atoms with Crippen LogP contribution in [0.2, 0.25) is 0 Å².